The van der Waals surface area contributed by atoms with E-state index >= 15 is 0 Å². The van der Waals surface area contributed by atoms with Crippen molar-refractivity contribution < 1.29 is 5.11 Å². The molecule has 132 valence electrons. The lowest BCUT2D eigenvalue weighted by atomic mass is 9.45. The minimum Gasteiger partial charge on any atom is -0.396 e. The molecule has 6 atom stereocenters. The number of hydrogen-bond acceptors (Lipinski definition) is 1. The first kappa shape index (κ1) is 16.4. The maximum atomic E-state index is 9.18. The first-order valence-electron chi connectivity index (χ1n) is 10.8. The Labute approximate surface area is 143 Å². The van der Waals surface area contributed by atoms with Gasteiger partial charge in [-0.25, -0.2) is 0 Å². The standard InChI is InChI=1S/C22H38O/c1-21-12-3-2-7-17(21)9-10-18-19(21)11-15-22(13-4-5-16-23)14-6-8-20(18)22/h17-20,23H,2-16H2,1H3/t17?,18-,19+,20+,21+,22+/m1/s1. The number of unbranched alkanes of at least 4 members (excludes halogenated alkanes) is 1. The quantitative estimate of drug-likeness (QED) is 0.635. The monoisotopic (exact) mass is 318 g/mol. The first-order chi connectivity index (χ1) is 11.2. The van der Waals surface area contributed by atoms with Crippen molar-refractivity contribution in [3.63, 3.8) is 0 Å². The van der Waals surface area contributed by atoms with Crippen molar-refractivity contribution in [1.82, 2.24) is 0 Å². The van der Waals surface area contributed by atoms with E-state index in [9.17, 15) is 5.11 Å². The van der Waals surface area contributed by atoms with Crippen molar-refractivity contribution >= 4 is 0 Å². The first-order valence-corrected chi connectivity index (χ1v) is 10.8. The molecule has 4 rings (SSSR count). The highest BCUT2D eigenvalue weighted by molar-refractivity contribution is 5.07. The number of rotatable bonds is 4. The second-order valence-corrected chi connectivity index (χ2v) is 9.88. The van der Waals surface area contributed by atoms with Gasteiger partial charge in [-0.3, -0.25) is 0 Å². The third-order valence-electron chi connectivity index (χ3n) is 9.19. The van der Waals surface area contributed by atoms with Gasteiger partial charge in [0.15, 0.2) is 0 Å². The fourth-order valence-corrected chi connectivity index (χ4v) is 8.11. The summed E-state index contributed by atoms with van der Waals surface area (Å²) in [5.74, 6) is 4.20. The molecule has 1 heteroatoms. The van der Waals surface area contributed by atoms with Crippen LogP contribution in [0.2, 0.25) is 0 Å². The third kappa shape index (κ3) is 2.60. The molecular formula is C22H38O. The highest BCUT2D eigenvalue weighted by Gasteiger charge is 2.58. The van der Waals surface area contributed by atoms with E-state index in [0.29, 0.717) is 17.4 Å². The van der Waals surface area contributed by atoms with E-state index in [1.165, 1.54) is 70.6 Å². The Hall–Kier alpha value is -0.0400. The maximum absolute atomic E-state index is 9.18. The summed E-state index contributed by atoms with van der Waals surface area (Å²) >= 11 is 0. The van der Waals surface area contributed by atoms with Crippen molar-refractivity contribution in [1.29, 1.82) is 0 Å². The molecule has 1 nitrogen and oxygen atoms in total. The molecule has 4 fully saturated rings. The molecule has 0 aromatic carbocycles. The van der Waals surface area contributed by atoms with Gasteiger partial charge in [0.2, 0.25) is 0 Å². The molecule has 0 radical (unpaired) electrons. The van der Waals surface area contributed by atoms with Crippen molar-refractivity contribution in [3.8, 4) is 0 Å². The second-order valence-electron chi connectivity index (χ2n) is 9.88. The third-order valence-corrected chi connectivity index (χ3v) is 9.19. The molecule has 4 saturated carbocycles. The summed E-state index contributed by atoms with van der Waals surface area (Å²) in [6.45, 7) is 3.09. The van der Waals surface area contributed by atoms with Crippen LogP contribution < -0.4 is 0 Å². The topological polar surface area (TPSA) is 20.2 Å². The van der Waals surface area contributed by atoms with Gasteiger partial charge in [-0.05, 0) is 98.7 Å². The van der Waals surface area contributed by atoms with Gasteiger partial charge in [0.05, 0.1) is 0 Å². The predicted octanol–water partition coefficient (Wildman–Crippen LogP) is 5.95. The molecular weight excluding hydrogens is 280 g/mol. The zero-order chi connectivity index (χ0) is 15.9. The van der Waals surface area contributed by atoms with Crippen LogP contribution in [0.3, 0.4) is 0 Å². The largest absolute Gasteiger partial charge is 0.396 e. The zero-order valence-corrected chi connectivity index (χ0v) is 15.4. The van der Waals surface area contributed by atoms with Crippen LogP contribution in [0.25, 0.3) is 0 Å². The minimum atomic E-state index is 0.395. The van der Waals surface area contributed by atoms with Gasteiger partial charge < -0.3 is 5.11 Å². The highest BCUT2D eigenvalue weighted by atomic mass is 16.2. The number of hydrogen-bond donors (Lipinski definition) is 1. The smallest absolute Gasteiger partial charge is 0.0431 e. The SMILES string of the molecule is C[C@]12CCCCC1CC[C@H]1[C@@H]3CCC[C@@]3(CCCCO)CC[C@@H]12. The molecule has 0 bridgehead atoms. The van der Waals surface area contributed by atoms with E-state index in [2.05, 4.69) is 6.92 Å². The van der Waals surface area contributed by atoms with Crippen molar-refractivity contribution in [2.24, 2.45) is 34.5 Å². The Kier molecular flexibility index (Phi) is 4.54. The van der Waals surface area contributed by atoms with Crippen molar-refractivity contribution in [2.45, 2.75) is 96.8 Å². The Bertz CT molecular complexity index is 418. The van der Waals surface area contributed by atoms with Gasteiger partial charge in [0.25, 0.3) is 0 Å². The molecule has 4 aliphatic rings. The normalized spacial score (nSPS) is 49.3. The molecule has 0 aliphatic heterocycles. The molecule has 0 heterocycles. The fraction of sp³-hybridized carbons (Fsp3) is 1.00. The molecule has 4 aliphatic carbocycles. The lowest BCUT2D eigenvalue weighted by Crippen LogP contribution is -2.52. The van der Waals surface area contributed by atoms with Gasteiger partial charge >= 0.3 is 0 Å². The average molecular weight is 319 g/mol. The molecule has 0 saturated heterocycles. The van der Waals surface area contributed by atoms with E-state index in [1.807, 2.05) is 0 Å². The lowest BCUT2D eigenvalue weighted by Gasteiger charge is -2.60. The fourth-order valence-electron chi connectivity index (χ4n) is 8.11. The highest BCUT2D eigenvalue weighted by Crippen LogP contribution is 2.67. The van der Waals surface area contributed by atoms with E-state index in [1.54, 1.807) is 12.8 Å². The van der Waals surface area contributed by atoms with Crippen LogP contribution in [0.5, 0.6) is 0 Å². The molecule has 0 amide bonds. The molecule has 1 unspecified atom stereocenters. The van der Waals surface area contributed by atoms with E-state index < -0.39 is 0 Å². The average Bonchev–Trinajstić information content (AvgIpc) is 2.99. The van der Waals surface area contributed by atoms with Crippen molar-refractivity contribution in [3.05, 3.63) is 0 Å². The number of aliphatic hydroxyl groups excluding tert-OH is 1. The van der Waals surface area contributed by atoms with Gasteiger partial charge in [0, 0.05) is 6.61 Å². The van der Waals surface area contributed by atoms with Gasteiger partial charge in [-0.1, -0.05) is 32.6 Å². The summed E-state index contributed by atoms with van der Waals surface area (Å²) in [6, 6.07) is 0. The van der Waals surface area contributed by atoms with E-state index in [4.69, 9.17) is 0 Å². The molecule has 1 N–H and O–H groups in total. The molecule has 0 aromatic rings. The van der Waals surface area contributed by atoms with Gasteiger partial charge in [0.1, 0.15) is 0 Å². The number of fused-ring (bicyclic) bond motifs is 5. The van der Waals surface area contributed by atoms with Crippen LogP contribution in [0.15, 0.2) is 0 Å². The lowest BCUT2D eigenvalue weighted by molar-refractivity contribution is -0.109. The summed E-state index contributed by atoms with van der Waals surface area (Å²) < 4.78 is 0. The zero-order valence-electron chi connectivity index (χ0n) is 15.4. The summed E-state index contributed by atoms with van der Waals surface area (Å²) in [7, 11) is 0. The molecule has 23 heavy (non-hydrogen) atoms. The van der Waals surface area contributed by atoms with Crippen LogP contribution in [-0.2, 0) is 0 Å². The van der Waals surface area contributed by atoms with Crippen LogP contribution in [0, 0.1) is 34.5 Å². The maximum Gasteiger partial charge on any atom is 0.0431 e. The summed E-state index contributed by atoms with van der Waals surface area (Å²) in [6.07, 6.45) is 20.5. The van der Waals surface area contributed by atoms with Crippen LogP contribution >= 0.6 is 0 Å². The minimum absolute atomic E-state index is 0.395. The number of aliphatic hydroxyl groups is 1. The summed E-state index contributed by atoms with van der Waals surface area (Å²) in [5.41, 5.74) is 1.38. The van der Waals surface area contributed by atoms with Crippen LogP contribution in [0.1, 0.15) is 96.8 Å². The Morgan fingerprint density at radius 3 is 2.61 bits per heavy atom. The van der Waals surface area contributed by atoms with Gasteiger partial charge in [-0.15, -0.1) is 0 Å². The van der Waals surface area contributed by atoms with Gasteiger partial charge in [-0.2, -0.15) is 0 Å². The van der Waals surface area contributed by atoms with Crippen LogP contribution in [0.4, 0.5) is 0 Å². The van der Waals surface area contributed by atoms with Crippen LogP contribution in [-0.4, -0.2) is 11.7 Å². The Morgan fingerprint density at radius 2 is 1.74 bits per heavy atom. The summed E-state index contributed by atoms with van der Waals surface area (Å²) in [4.78, 5) is 0. The second kappa shape index (κ2) is 6.36. The molecule has 0 aromatic heterocycles. The predicted molar refractivity (Wildman–Crippen MR) is 96.2 cm³/mol. The van der Waals surface area contributed by atoms with E-state index in [-0.39, 0.29) is 0 Å². The Morgan fingerprint density at radius 1 is 0.826 bits per heavy atom. The summed E-state index contributed by atoms with van der Waals surface area (Å²) in [5, 5.41) is 9.18. The van der Waals surface area contributed by atoms with E-state index in [0.717, 1.165) is 30.1 Å². The van der Waals surface area contributed by atoms with Crippen molar-refractivity contribution in [2.75, 3.05) is 6.61 Å². The Balaban J connectivity index is 1.54. The molecule has 0 spiro atoms.